The number of nitro groups is 1. The molecule has 0 N–H and O–H groups in total. The first-order valence-electron chi connectivity index (χ1n) is 7.42. The van der Waals surface area contributed by atoms with Crippen LogP contribution in [0, 0.1) is 10.1 Å². The molecule has 2 heterocycles. The number of non-ortho nitro benzene ring substituents is 1. The van der Waals surface area contributed by atoms with E-state index in [-0.39, 0.29) is 23.9 Å². The summed E-state index contributed by atoms with van der Waals surface area (Å²) in [4.78, 5) is 24.3. The summed E-state index contributed by atoms with van der Waals surface area (Å²) < 4.78 is 5.22. The Balaban J connectivity index is 1.83. The molecular weight excluding hydrogens is 296 g/mol. The van der Waals surface area contributed by atoms with E-state index in [9.17, 15) is 14.9 Å². The van der Waals surface area contributed by atoms with Crippen molar-refractivity contribution in [1.29, 1.82) is 0 Å². The van der Waals surface area contributed by atoms with Crippen LogP contribution in [0.15, 0.2) is 48.5 Å². The maximum atomic E-state index is 12.2. The lowest BCUT2D eigenvalue weighted by atomic mass is 9.85. The van der Waals surface area contributed by atoms with E-state index in [0.717, 1.165) is 17.5 Å². The first kappa shape index (κ1) is 13.8. The Hall–Kier alpha value is -2.89. The predicted octanol–water partition coefficient (Wildman–Crippen LogP) is 3.06. The number of benzene rings is 2. The first-order chi connectivity index (χ1) is 11.1. The highest BCUT2D eigenvalue weighted by molar-refractivity contribution is 5.72. The summed E-state index contributed by atoms with van der Waals surface area (Å²) in [6.07, 6.45) is 0.443. The number of rotatable bonds is 2. The Morgan fingerprint density at radius 2 is 1.87 bits per heavy atom. The number of carbonyl (C=O) groups excluding carboxylic acids is 1. The lowest BCUT2D eigenvalue weighted by molar-refractivity contribution is -0.384. The zero-order chi connectivity index (χ0) is 16.0. The zero-order valence-corrected chi connectivity index (χ0v) is 12.2. The molecule has 2 aliphatic heterocycles. The summed E-state index contributed by atoms with van der Waals surface area (Å²) in [5.41, 5.74) is 3.14. The molecule has 4 rings (SSSR count). The number of fused-ring (bicyclic) bond motifs is 2. The number of hydrogen-bond acceptors (Lipinski definition) is 4. The number of carbonyl (C=O) groups is 1. The minimum absolute atomic E-state index is 0.0117. The van der Waals surface area contributed by atoms with Gasteiger partial charge in [0.1, 0.15) is 6.61 Å². The third-order valence-electron chi connectivity index (χ3n) is 4.51. The fourth-order valence-electron chi connectivity index (χ4n) is 3.45. The fourth-order valence-corrected chi connectivity index (χ4v) is 3.45. The Morgan fingerprint density at radius 1 is 1.13 bits per heavy atom. The van der Waals surface area contributed by atoms with Gasteiger partial charge in [-0.25, -0.2) is 4.79 Å². The van der Waals surface area contributed by atoms with Gasteiger partial charge in [0.15, 0.2) is 0 Å². The van der Waals surface area contributed by atoms with Gasteiger partial charge in [-0.05, 0) is 35.2 Å². The number of ether oxygens (including phenoxy) is 1. The number of amides is 1. The first-order valence-corrected chi connectivity index (χ1v) is 7.42. The van der Waals surface area contributed by atoms with E-state index < -0.39 is 4.92 Å². The molecule has 23 heavy (non-hydrogen) atoms. The van der Waals surface area contributed by atoms with Crippen molar-refractivity contribution in [2.24, 2.45) is 0 Å². The minimum atomic E-state index is -0.425. The van der Waals surface area contributed by atoms with Crippen molar-refractivity contribution in [3.8, 4) is 0 Å². The molecular formula is C17H14N2O4. The van der Waals surface area contributed by atoms with Crippen LogP contribution in [0.1, 0.15) is 22.7 Å². The molecule has 6 nitrogen and oxygen atoms in total. The number of hydrogen-bond donors (Lipinski definition) is 0. The van der Waals surface area contributed by atoms with Crippen molar-refractivity contribution in [2.45, 2.75) is 18.5 Å². The van der Waals surface area contributed by atoms with E-state index in [1.54, 1.807) is 17.0 Å². The Bertz CT molecular complexity index is 787. The fraction of sp³-hybridized carbons (Fsp3) is 0.235. The molecule has 1 saturated heterocycles. The molecule has 0 unspecified atom stereocenters. The van der Waals surface area contributed by atoms with Crippen molar-refractivity contribution in [3.63, 3.8) is 0 Å². The summed E-state index contributed by atoms with van der Waals surface area (Å²) in [5, 5.41) is 10.8. The van der Waals surface area contributed by atoms with E-state index in [4.69, 9.17) is 4.74 Å². The number of cyclic esters (lactones) is 1. The molecule has 0 aliphatic carbocycles. The highest BCUT2D eigenvalue weighted by Crippen LogP contribution is 2.40. The molecule has 1 fully saturated rings. The third-order valence-corrected chi connectivity index (χ3v) is 4.51. The predicted molar refractivity (Wildman–Crippen MR) is 82.1 cm³/mol. The molecule has 0 aromatic heterocycles. The third kappa shape index (κ3) is 2.14. The molecule has 6 heteroatoms. The monoisotopic (exact) mass is 310 g/mol. The van der Waals surface area contributed by atoms with Crippen molar-refractivity contribution >= 4 is 11.8 Å². The van der Waals surface area contributed by atoms with Crippen LogP contribution in [-0.2, 0) is 11.2 Å². The van der Waals surface area contributed by atoms with Gasteiger partial charge in [0, 0.05) is 12.1 Å². The van der Waals surface area contributed by atoms with E-state index >= 15 is 0 Å². The van der Waals surface area contributed by atoms with Crippen molar-refractivity contribution in [2.75, 3.05) is 6.61 Å². The van der Waals surface area contributed by atoms with Gasteiger partial charge in [-0.1, -0.05) is 24.3 Å². The molecule has 116 valence electrons. The second-order valence-electron chi connectivity index (χ2n) is 5.79. The second kappa shape index (κ2) is 5.08. The largest absolute Gasteiger partial charge is 0.447 e. The molecule has 1 amide bonds. The molecule has 0 saturated carbocycles. The second-order valence-corrected chi connectivity index (χ2v) is 5.79. The van der Waals surface area contributed by atoms with Gasteiger partial charge >= 0.3 is 6.09 Å². The van der Waals surface area contributed by atoms with Crippen LogP contribution >= 0.6 is 0 Å². The average Bonchev–Trinajstić information content (AvgIpc) is 2.94. The summed E-state index contributed by atoms with van der Waals surface area (Å²) in [7, 11) is 0. The normalized spacial score (nSPS) is 22.3. The lowest BCUT2D eigenvalue weighted by Gasteiger charge is -2.37. The zero-order valence-electron chi connectivity index (χ0n) is 12.2. The summed E-state index contributed by atoms with van der Waals surface area (Å²) in [5.74, 6) is 0. The standard InChI is InChI=1S/C17H14N2O4/c20-17-18-14(10-23-17)9-12-3-1-2-4-15(12)16(18)11-5-7-13(8-6-11)19(21)22/h1-8,14,16H,9-10H2/t14-,16+/m0/s1. The molecule has 2 aromatic rings. The smallest absolute Gasteiger partial charge is 0.411 e. The van der Waals surface area contributed by atoms with Gasteiger partial charge in [-0.15, -0.1) is 0 Å². The molecule has 0 radical (unpaired) electrons. The van der Waals surface area contributed by atoms with Gasteiger partial charge in [-0.2, -0.15) is 0 Å². The number of nitrogens with zero attached hydrogens (tertiary/aromatic N) is 2. The Labute approximate surface area is 132 Å². The van der Waals surface area contributed by atoms with Crippen LogP contribution in [0.4, 0.5) is 10.5 Å². The van der Waals surface area contributed by atoms with Gasteiger partial charge in [0.2, 0.25) is 0 Å². The van der Waals surface area contributed by atoms with E-state index in [1.807, 2.05) is 18.2 Å². The van der Waals surface area contributed by atoms with Crippen LogP contribution in [0.25, 0.3) is 0 Å². The van der Waals surface area contributed by atoms with E-state index in [2.05, 4.69) is 6.07 Å². The Kier molecular flexibility index (Phi) is 3.04. The van der Waals surface area contributed by atoms with E-state index in [0.29, 0.717) is 6.61 Å². The quantitative estimate of drug-likeness (QED) is 0.631. The number of nitro benzene ring substituents is 1. The van der Waals surface area contributed by atoms with E-state index in [1.165, 1.54) is 17.7 Å². The van der Waals surface area contributed by atoms with Gasteiger partial charge in [0.05, 0.1) is 17.0 Å². The Morgan fingerprint density at radius 3 is 2.61 bits per heavy atom. The van der Waals surface area contributed by atoms with Crippen molar-refractivity contribution < 1.29 is 14.5 Å². The molecule has 2 aliphatic rings. The minimum Gasteiger partial charge on any atom is -0.447 e. The van der Waals surface area contributed by atoms with Crippen LogP contribution < -0.4 is 0 Å². The highest BCUT2D eigenvalue weighted by atomic mass is 16.6. The van der Waals surface area contributed by atoms with Crippen LogP contribution in [0.3, 0.4) is 0 Å². The average molecular weight is 310 g/mol. The maximum Gasteiger partial charge on any atom is 0.411 e. The topological polar surface area (TPSA) is 72.7 Å². The summed E-state index contributed by atoms with van der Waals surface area (Å²) >= 11 is 0. The summed E-state index contributed by atoms with van der Waals surface area (Å²) in [6, 6.07) is 14.1. The lowest BCUT2D eigenvalue weighted by Crippen LogP contribution is -2.42. The van der Waals surface area contributed by atoms with Gasteiger partial charge in [0.25, 0.3) is 5.69 Å². The highest BCUT2D eigenvalue weighted by Gasteiger charge is 2.43. The SMILES string of the molecule is O=C1OC[C@@H]2Cc3ccccc3[C@@H](c3ccc([N+](=O)[O-])cc3)N12. The maximum absolute atomic E-state index is 12.2. The van der Waals surface area contributed by atoms with Crippen molar-refractivity contribution in [1.82, 2.24) is 4.90 Å². The van der Waals surface area contributed by atoms with Crippen LogP contribution in [0.2, 0.25) is 0 Å². The van der Waals surface area contributed by atoms with Gasteiger partial charge in [-0.3, -0.25) is 15.0 Å². The molecule has 2 atom stereocenters. The molecule has 0 spiro atoms. The van der Waals surface area contributed by atoms with Crippen molar-refractivity contribution in [3.05, 3.63) is 75.3 Å². The molecule has 2 aromatic carbocycles. The summed E-state index contributed by atoms with van der Waals surface area (Å²) in [6.45, 7) is 0.386. The van der Waals surface area contributed by atoms with Gasteiger partial charge < -0.3 is 4.74 Å². The molecule has 0 bridgehead atoms. The van der Waals surface area contributed by atoms with Crippen LogP contribution in [-0.4, -0.2) is 28.6 Å². The van der Waals surface area contributed by atoms with Crippen LogP contribution in [0.5, 0.6) is 0 Å².